The molecule has 88 valence electrons. The third-order valence-corrected chi connectivity index (χ3v) is 3.33. The molecule has 0 saturated heterocycles. The van der Waals surface area contributed by atoms with Crippen molar-refractivity contribution in [2.75, 3.05) is 19.0 Å². The first kappa shape index (κ1) is 11.3. The molecule has 0 bridgehead atoms. The molecule has 0 aliphatic heterocycles. The highest BCUT2D eigenvalue weighted by molar-refractivity contribution is 5.53. The van der Waals surface area contributed by atoms with Crippen LogP contribution in [-0.2, 0) is 0 Å². The molecule has 2 N–H and O–H groups in total. The summed E-state index contributed by atoms with van der Waals surface area (Å²) in [6.07, 6.45) is 2.96. The minimum Gasteiger partial charge on any atom is -0.497 e. The monoisotopic (exact) mass is 221 g/mol. The summed E-state index contributed by atoms with van der Waals surface area (Å²) < 4.78 is 5.15. The minimum absolute atomic E-state index is 0.480. The van der Waals surface area contributed by atoms with Crippen molar-refractivity contribution in [1.82, 2.24) is 0 Å². The Bertz CT molecular complexity index is 372. The van der Waals surface area contributed by atoms with Crippen molar-refractivity contribution in [3.05, 3.63) is 23.8 Å². The van der Waals surface area contributed by atoms with Gasteiger partial charge >= 0.3 is 0 Å². The van der Waals surface area contributed by atoms with Gasteiger partial charge in [-0.15, -0.1) is 0 Å². The van der Waals surface area contributed by atoms with Gasteiger partial charge in [0.1, 0.15) is 5.75 Å². The summed E-state index contributed by atoms with van der Waals surface area (Å²) in [4.78, 5) is 0. The Morgan fingerprint density at radius 2 is 2.19 bits per heavy atom. The molecule has 1 fully saturated rings. The van der Waals surface area contributed by atoms with Gasteiger partial charge in [-0.25, -0.2) is 0 Å². The van der Waals surface area contributed by atoms with Gasteiger partial charge in [-0.1, -0.05) is 0 Å². The maximum absolute atomic E-state index is 9.98. The van der Waals surface area contributed by atoms with Gasteiger partial charge in [-0.05, 0) is 49.9 Å². The number of benzene rings is 1. The van der Waals surface area contributed by atoms with Crippen molar-refractivity contribution < 1.29 is 9.84 Å². The SMILES string of the molecule is COc1ccc(NCC2(O)CCC2)c(C)c1. The molecule has 3 nitrogen and oxygen atoms in total. The van der Waals surface area contributed by atoms with Crippen molar-refractivity contribution in [2.45, 2.75) is 31.8 Å². The van der Waals surface area contributed by atoms with Crippen LogP contribution >= 0.6 is 0 Å². The van der Waals surface area contributed by atoms with E-state index >= 15 is 0 Å². The summed E-state index contributed by atoms with van der Waals surface area (Å²) in [5.41, 5.74) is 1.73. The van der Waals surface area contributed by atoms with E-state index in [0.717, 1.165) is 36.3 Å². The Morgan fingerprint density at radius 3 is 2.69 bits per heavy atom. The number of methoxy groups -OCH3 is 1. The van der Waals surface area contributed by atoms with E-state index in [0.29, 0.717) is 6.54 Å². The van der Waals surface area contributed by atoms with Crippen LogP contribution in [-0.4, -0.2) is 24.4 Å². The first-order valence-electron chi connectivity index (χ1n) is 5.74. The first-order valence-corrected chi connectivity index (χ1v) is 5.74. The molecule has 1 aromatic carbocycles. The van der Waals surface area contributed by atoms with E-state index < -0.39 is 5.60 Å². The smallest absolute Gasteiger partial charge is 0.119 e. The first-order chi connectivity index (χ1) is 7.63. The van der Waals surface area contributed by atoms with E-state index in [2.05, 4.69) is 5.32 Å². The lowest BCUT2D eigenvalue weighted by atomic mass is 9.80. The van der Waals surface area contributed by atoms with Crippen molar-refractivity contribution in [3.63, 3.8) is 0 Å². The van der Waals surface area contributed by atoms with E-state index in [1.807, 2.05) is 25.1 Å². The molecule has 0 amide bonds. The lowest BCUT2D eigenvalue weighted by molar-refractivity contribution is -0.0202. The number of aryl methyl sites for hydroxylation is 1. The number of hydrogen-bond donors (Lipinski definition) is 2. The van der Waals surface area contributed by atoms with Gasteiger partial charge in [0.05, 0.1) is 12.7 Å². The van der Waals surface area contributed by atoms with Crippen molar-refractivity contribution in [3.8, 4) is 5.75 Å². The molecule has 0 aromatic heterocycles. The molecule has 0 spiro atoms. The van der Waals surface area contributed by atoms with Gasteiger partial charge in [-0.2, -0.15) is 0 Å². The second kappa shape index (κ2) is 4.34. The molecular weight excluding hydrogens is 202 g/mol. The zero-order valence-electron chi connectivity index (χ0n) is 9.92. The molecule has 1 aliphatic rings. The number of hydrogen-bond acceptors (Lipinski definition) is 3. The topological polar surface area (TPSA) is 41.5 Å². The molecule has 0 unspecified atom stereocenters. The maximum Gasteiger partial charge on any atom is 0.119 e. The summed E-state index contributed by atoms with van der Waals surface area (Å²) >= 11 is 0. The normalized spacial score (nSPS) is 17.7. The van der Waals surface area contributed by atoms with Crippen LogP contribution in [0.2, 0.25) is 0 Å². The van der Waals surface area contributed by atoms with E-state index in [1.165, 1.54) is 0 Å². The van der Waals surface area contributed by atoms with Gasteiger partial charge in [0, 0.05) is 12.2 Å². The Balaban J connectivity index is 1.98. The van der Waals surface area contributed by atoms with E-state index in [9.17, 15) is 5.11 Å². The highest BCUT2D eigenvalue weighted by atomic mass is 16.5. The molecule has 1 saturated carbocycles. The summed E-state index contributed by atoms with van der Waals surface area (Å²) in [7, 11) is 1.67. The van der Waals surface area contributed by atoms with Crippen LogP contribution in [0.3, 0.4) is 0 Å². The highest BCUT2D eigenvalue weighted by Gasteiger charge is 2.33. The van der Waals surface area contributed by atoms with Gasteiger partial charge in [-0.3, -0.25) is 0 Å². The molecular formula is C13H19NO2. The largest absolute Gasteiger partial charge is 0.497 e. The predicted octanol–water partition coefficient (Wildman–Crippen LogP) is 2.33. The molecule has 0 heterocycles. The quantitative estimate of drug-likeness (QED) is 0.820. The summed E-state index contributed by atoms with van der Waals surface area (Å²) in [6, 6.07) is 5.92. The number of anilines is 1. The Kier molecular flexibility index (Phi) is 3.06. The fourth-order valence-electron chi connectivity index (χ4n) is 1.98. The summed E-state index contributed by atoms with van der Waals surface area (Å²) in [5.74, 6) is 0.866. The molecule has 16 heavy (non-hydrogen) atoms. The summed E-state index contributed by atoms with van der Waals surface area (Å²) in [5, 5.41) is 13.3. The van der Waals surface area contributed by atoms with E-state index in [1.54, 1.807) is 7.11 Å². The number of rotatable bonds is 4. The fourth-order valence-corrected chi connectivity index (χ4v) is 1.98. The molecule has 1 aliphatic carbocycles. The van der Waals surface area contributed by atoms with Crippen LogP contribution in [0.15, 0.2) is 18.2 Å². The lowest BCUT2D eigenvalue weighted by Crippen LogP contribution is -2.43. The van der Waals surface area contributed by atoms with Crippen LogP contribution in [0, 0.1) is 6.92 Å². The molecule has 0 atom stereocenters. The minimum atomic E-state index is -0.480. The standard InChI is InChI=1S/C13H19NO2/c1-10-8-11(16-2)4-5-12(10)14-9-13(15)6-3-7-13/h4-5,8,14-15H,3,6-7,9H2,1-2H3. The zero-order valence-corrected chi connectivity index (χ0v) is 9.92. The third kappa shape index (κ3) is 2.30. The van der Waals surface area contributed by atoms with Crippen LogP contribution in [0.25, 0.3) is 0 Å². The van der Waals surface area contributed by atoms with Crippen molar-refractivity contribution >= 4 is 5.69 Å². The average Bonchev–Trinajstić information content (AvgIpc) is 2.25. The van der Waals surface area contributed by atoms with Gasteiger partial charge in [0.2, 0.25) is 0 Å². The molecule has 2 rings (SSSR count). The molecule has 3 heteroatoms. The Hall–Kier alpha value is -1.22. The van der Waals surface area contributed by atoms with E-state index in [-0.39, 0.29) is 0 Å². The number of ether oxygens (including phenoxy) is 1. The third-order valence-electron chi connectivity index (χ3n) is 3.33. The Morgan fingerprint density at radius 1 is 1.44 bits per heavy atom. The van der Waals surface area contributed by atoms with Crippen molar-refractivity contribution in [2.24, 2.45) is 0 Å². The summed E-state index contributed by atoms with van der Waals surface area (Å²) in [6.45, 7) is 2.68. The molecule has 1 aromatic rings. The van der Waals surface area contributed by atoms with Crippen molar-refractivity contribution in [1.29, 1.82) is 0 Å². The van der Waals surface area contributed by atoms with Crippen LogP contribution in [0.1, 0.15) is 24.8 Å². The Labute approximate surface area is 96.4 Å². The van der Waals surface area contributed by atoms with Crippen LogP contribution < -0.4 is 10.1 Å². The zero-order chi connectivity index (χ0) is 11.6. The van der Waals surface area contributed by atoms with Crippen LogP contribution in [0.4, 0.5) is 5.69 Å². The van der Waals surface area contributed by atoms with Gasteiger partial charge in [0.25, 0.3) is 0 Å². The maximum atomic E-state index is 9.98. The van der Waals surface area contributed by atoms with Gasteiger partial charge in [0.15, 0.2) is 0 Å². The lowest BCUT2D eigenvalue weighted by Gasteiger charge is -2.37. The fraction of sp³-hybridized carbons (Fsp3) is 0.538. The number of nitrogens with one attached hydrogen (secondary N) is 1. The van der Waals surface area contributed by atoms with Crippen LogP contribution in [0.5, 0.6) is 5.75 Å². The van der Waals surface area contributed by atoms with E-state index in [4.69, 9.17) is 4.74 Å². The predicted molar refractivity (Wildman–Crippen MR) is 65.0 cm³/mol. The van der Waals surface area contributed by atoms with Gasteiger partial charge < -0.3 is 15.2 Å². The second-order valence-corrected chi connectivity index (χ2v) is 4.61. The molecule has 0 radical (unpaired) electrons. The average molecular weight is 221 g/mol. The second-order valence-electron chi connectivity index (χ2n) is 4.61. The highest BCUT2D eigenvalue weighted by Crippen LogP contribution is 2.32. The number of aliphatic hydroxyl groups is 1.